The van der Waals surface area contributed by atoms with E-state index in [0.29, 0.717) is 23.3 Å². The summed E-state index contributed by atoms with van der Waals surface area (Å²) < 4.78 is 6.29. The smallest absolute Gasteiger partial charge is 0.227 e. The molecule has 4 rings (SSSR count). The van der Waals surface area contributed by atoms with Gasteiger partial charge in [-0.2, -0.15) is 16.3 Å². The van der Waals surface area contributed by atoms with Gasteiger partial charge in [-0.25, -0.2) is 4.98 Å². The Hall–Kier alpha value is -2.10. The van der Waals surface area contributed by atoms with Crippen LogP contribution in [0.3, 0.4) is 0 Å². The molecule has 0 unspecified atom stereocenters. The van der Waals surface area contributed by atoms with E-state index in [-0.39, 0.29) is 12.3 Å². The Morgan fingerprint density at radius 1 is 1.33 bits per heavy atom. The van der Waals surface area contributed by atoms with Crippen LogP contribution in [0.25, 0.3) is 20.9 Å². The van der Waals surface area contributed by atoms with Gasteiger partial charge >= 0.3 is 0 Å². The third-order valence-corrected chi connectivity index (χ3v) is 5.95. The van der Waals surface area contributed by atoms with Crippen molar-refractivity contribution in [3.8, 4) is 11.4 Å². The molecule has 9 heteroatoms. The Labute approximate surface area is 149 Å². The number of amides is 1. The number of hydrogen-bond donors (Lipinski definition) is 1. The highest BCUT2D eigenvalue weighted by molar-refractivity contribution is 7.29. The Morgan fingerprint density at radius 3 is 3.04 bits per heavy atom. The lowest BCUT2D eigenvalue weighted by atomic mass is 10.3. The van der Waals surface area contributed by atoms with Crippen molar-refractivity contribution in [1.82, 2.24) is 15.1 Å². The molecule has 4 aromatic heterocycles. The van der Waals surface area contributed by atoms with E-state index in [9.17, 15) is 4.79 Å². The second kappa shape index (κ2) is 6.42. The highest BCUT2D eigenvalue weighted by atomic mass is 32.1. The van der Waals surface area contributed by atoms with Crippen molar-refractivity contribution in [3.63, 3.8) is 0 Å². The number of nitrogens with zero attached hydrogens (tertiary/aromatic N) is 3. The first-order valence-corrected chi connectivity index (χ1v) is 9.77. The van der Waals surface area contributed by atoms with Gasteiger partial charge in [0.2, 0.25) is 17.6 Å². The van der Waals surface area contributed by atoms with Gasteiger partial charge in [0, 0.05) is 28.7 Å². The summed E-state index contributed by atoms with van der Waals surface area (Å²) in [6.45, 7) is 2.05. The van der Waals surface area contributed by atoms with Crippen LogP contribution in [0.2, 0.25) is 0 Å². The molecule has 122 valence electrons. The minimum Gasteiger partial charge on any atom is -0.339 e. The van der Waals surface area contributed by atoms with E-state index in [4.69, 9.17) is 4.52 Å². The lowest BCUT2D eigenvalue weighted by molar-refractivity contribution is -0.116. The Kier molecular flexibility index (Phi) is 4.13. The fraction of sp³-hybridized carbons (Fsp3) is 0.200. The first-order chi connectivity index (χ1) is 11.7. The molecule has 1 amide bonds. The first-order valence-electron chi connectivity index (χ1n) is 7.19. The molecule has 24 heavy (non-hydrogen) atoms. The molecule has 0 bridgehead atoms. The number of hydrogen-bond acceptors (Lipinski definition) is 8. The van der Waals surface area contributed by atoms with Crippen LogP contribution in [0, 0.1) is 6.92 Å². The maximum atomic E-state index is 12.1. The Bertz CT molecular complexity index is 952. The van der Waals surface area contributed by atoms with Crippen molar-refractivity contribution >= 4 is 54.6 Å². The molecule has 0 radical (unpaired) electrons. The van der Waals surface area contributed by atoms with Crippen LogP contribution in [-0.4, -0.2) is 21.0 Å². The molecule has 0 aliphatic heterocycles. The molecule has 4 heterocycles. The lowest BCUT2D eigenvalue weighted by Crippen LogP contribution is -2.12. The molecule has 0 spiro atoms. The van der Waals surface area contributed by atoms with Crippen LogP contribution in [-0.2, 0) is 11.2 Å². The van der Waals surface area contributed by atoms with E-state index < -0.39 is 0 Å². The zero-order chi connectivity index (χ0) is 16.5. The van der Waals surface area contributed by atoms with Crippen molar-refractivity contribution < 1.29 is 9.32 Å². The van der Waals surface area contributed by atoms with Crippen LogP contribution in [0.15, 0.2) is 27.4 Å². The van der Waals surface area contributed by atoms with Crippen molar-refractivity contribution in [1.29, 1.82) is 0 Å². The third kappa shape index (κ3) is 3.23. The number of anilines is 1. The van der Waals surface area contributed by atoms with Gasteiger partial charge in [-0.3, -0.25) is 4.79 Å². The first kappa shape index (κ1) is 15.4. The minimum atomic E-state index is -0.108. The molecule has 0 aliphatic carbocycles. The van der Waals surface area contributed by atoms with Crippen LogP contribution >= 0.6 is 34.0 Å². The lowest BCUT2D eigenvalue weighted by Gasteiger charge is -1.98. The summed E-state index contributed by atoms with van der Waals surface area (Å²) in [5, 5.41) is 11.3. The number of thiazole rings is 1. The topological polar surface area (TPSA) is 80.9 Å². The summed E-state index contributed by atoms with van der Waals surface area (Å²) in [6, 6.07) is 4.01. The van der Waals surface area contributed by atoms with Gasteiger partial charge in [-0.1, -0.05) is 16.5 Å². The quantitative estimate of drug-likeness (QED) is 0.560. The summed E-state index contributed by atoms with van der Waals surface area (Å²) in [6.07, 6.45) is 0.680. The summed E-state index contributed by atoms with van der Waals surface area (Å²) >= 11 is 4.69. The van der Waals surface area contributed by atoms with Gasteiger partial charge in [0.1, 0.15) is 4.83 Å². The fourth-order valence-corrected chi connectivity index (χ4v) is 4.84. The standard InChI is InChI=1S/C15H12N4O2S3/c1-8-6-10-14(23-8)18-15(24-10)16-11(20)2-3-12-17-13(19-21-12)9-4-5-22-7-9/h4-7H,2-3H2,1H3,(H,16,18,20). The maximum absolute atomic E-state index is 12.1. The van der Waals surface area contributed by atoms with E-state index in [1.807, 2.05) is 23.8 Å². The van der Waals surface area contributed by atoms with E-state index >= 15 is 0 Å². The largest absolute Gasteiger partial charge is 0.339 e. The van der Waals surface area contributed by atoms with Crippen molar-refractivity contribution in [2.45, 2.75) is 19.8 Å². The van der Waals surface area contributed by atoms with Gasteiger partial charge in [0.15, 0.2) is 5.13 Å². The predicted molar refractivity (Wildman–Crippen MR) is 96.8 cm³/mol. The van der Waals surface area contributed by atoms with E-state index in [0.717, 1.165) is 15.1 Å². The molecule has 0 saturated heterocycles. The van der Waals surface area contributed by atoms with Crippen LogP contribution in [0.1, 0.15) is 17.2 Å². The van der Waals surface area contributed by atoms with Crippen LogP contribution < -0.4 is 5.32 Å². The molecule has 6 nitrogen and oxygen atoms in total. The molecular weight excluding hydrogens is 364 g/mol. The Morgan fingerprint density at radius 2 is 2.25 bits per heavy atom. The van der Waals surface area contributed by atoms with Gasteiger partial charge in [-0.05, 0) is 24.4 Å². The molecule has 0 atom stereocenters. The van der Waals surface area contributed by atoms with Gasteiger partial charge in [0.05, 0.1) is 4.70 Å². The van der Waals surface area contributed by atoms with Gasteiger partial charge < -0.3 is 9.84 Å². The highest BCUT2D eigenvalue weighted by Gasteiger charge is 2.13. The summed E-state index contributed by atoms with van der Waals surface area (Å²) in [5.74, 6) is 0.910. The molecule has 4 aromatic rings. The predicted octanol–water partition coefficient (Wildman–Crippen LogP) is 4.35. The number of carbonyl (C=O) groups excluding carboxylic acids is 1. The van der Waals surface area contributed by atoms with E-state index in [1.165, 1.54) is 16.2 Å². The van der Waals surface area contributed by atoms with Crippen LogP contribution in [0.5, 0.6) is 0 Å². The molecule has 1 N–H and O–H groups in total. The SMILES string of the molecule is Cc1cc2sc(NC(=O)CCc3nc(-c4ccsc4)no3)nc2s1. The van der Waals surface area contributed by atoms with E-state index in [2.05, 4.69) is 26.5 Å². The molecule has 0 fully saturated rings. The molecular formula is C15H12N4O2S3. The fourth-order valence-electron chi connectivity index (χ4n) is 2.17. The zero-order valence-electron chi connectivity index (χ0n) is 12.6. The maximum Gasteiger partial charge on any atom is 0.227 e. The number of thiophene rings is 2. The third-order valence-electron chi connectivity index (χ3n) is 3.27. The Balaban J connectivity index is 1.35. The normalized spacial score (nSPS) is 11.2. The van der Waals surface area contributed by atoms with Gasteiger partial charge in [-0.15, -0.1) is 11.3 Å². The highest BCUT2D eigenvalue weighted by Crippen LogP contribution is 2.32. The average molecular weight is 376 g/mol. The summed E-state index contributed by atoms with van der Waals surface area (Å²) in [7, 11) is 0. The van der Waals surface area contributed by atoms with Gasteiger partial charge in [0.25, 0.3) is 0 Å². The number of aromatic nitrogens is 3. The van der Waals surface area contributed by atoms with Crippen molar-refractivity contribution in [2.24, 2.45) is 0 Å². The minimum absolute atomic E-state index is 0.108. The molecule has 0 aromatic carbocycles. The number of nitrogens with one attached hydrogen (secondary N) is 1. The average Bonchev–Trinajstić information content (AvgIpc) is 3.28. The second-order valence-corrected chi connectivity index (χ2v) is 8.16. The summed E-state index contributed by atoms with van der Waals surface area (Å²) in [5.41, 5.74) is 0.928. The number of rotatable bonds is 5. The number of fused-ring (bicyclic) bond motifs is 1. The van der Waals surface area contributed by atoms with Crippen molar-refractivity contribution in [2.75, 3.05) is 5.32 Å². The molecule has 0 aliphatic rings. The molecule has 0 saturated carbocycles. The number of carbonyl (C=O) groups is 1. The monoisotopic (exact) mass is 376 g/mol. The summed E-state index contributed by atoms with van der Waals surface area (Å²) in [4.78, 5) is 23.0. The zero-order valence-corrected chi connectivity index (χ0v) is 15.1. The van der Waals surface area contributed by atoms with Crippen LogP contribution in [0.4, 0.5) is 5.13 Å². The van der Waals surface area contributed by atoms with E-state index in [1.54, 1.807) is 22.7 Å². The van der Waals surface area contributed by atoms with Crippen molar-refractivity contribution in [3.05, 3.63) is 33.7 Å². The number of aryl methyl sites for hydroxylation is 2. The second-order valence-electron chi connectivity index (χ2n) is 5.12.